The molecular weight excluding hydrogens is 184 g/mol. The summed E-state index contributed by atoms with van der Waals surface area (Å²) >= 11 is 0. The maximum atomic E-state index is 5.50. The fourth-order valence-corrected chi connectivity index (χ4v) is 2.48. The van der Waals surface area contributed by atoms with Gasteiger partial charge in [-0.25, -0.2) is 0 Å². The molecule has 1 saturated carbocycles. The van der Waals surface area contributed by atoms with Crippen LogP contribution in [0.25, 0.3) is 0 Å². The highest BCUT2D eigenvalue weighted by molar-refractivity contribution is 5.52. The van der Waals surface area contributed by atoms with Crippen LogP contribution in [-0.4, -0.2) is 0 Å². The summed E-state index contributed by atoms with van der Waals surface area (Å²) in [6.07, 6.45) is 6.85. The van der Waals surface area contributed by atoms with Crippen LogP contribution in [0, 0.1) is 6.92 Å². The summed E-state index contributed by atoms with van der Waals surface area (Å²) in [6, 6.07) is 6.64. The molecule has 0 aliphatic heterocycles. The Balaban J connectivity index is 2.20. The monoisotopic (exact) mass is 204 g/mol. The summed E-state index contributed by atoms with van der Waals surface area (Å²) < 4.78 is 0. The third-order valence-corrected chi connectivity index (χ3v) is 3.49. The molecule has 0 atom stereocenters. The van der Waals surface area contributed by atoms with Crippen LogP contribution < -0.4 is 11.3 Å². The van der Waals surface area contributed by atoms with E-state index in [1.807, 2.05) is 0 Å². The predicted octanol–water partition coefficient (Wildman–Crippen LogP) is 3.33. The molecule has 0 bridgehead atoms. The van der Waals surface area contributed by atoms with E-state index in [2.05, 4.69) is 30.5 Å². The van der Waals surface area contributed by atoms with E-state index >= 15 is 0 Å². The van der Waals surface area contributed by atoms with Crippen LogP contribution in [0.5, 0.6) is 0 Å². The molecule has 1 fully saturated rings. The quantitative estimate of drug-likeness (QED) is 0.573. The molecule has 2 nitrogen and oxygen atoms in total. The van der Waals surface area contributed by atoms with Crippen molar-refractivity contribution in [2.24, 2.45) is 5.84 Å². The highest BCUT2D eigenvalue weighted by Gasteiger charge is 2.15. The van der Waals surface area contributed by atoms with E-state index in [0.717, 1.165) is 11.6 Å². The molecule has 0 saturated heterocycles. The van der Waals surface area contributed by atoms with E-state index in [9.17, 15) is 0 Å². The van der Waals surface area contributed by atoms with Crippen molar-refractivity contribution in [1.29, 1.82) is 0 Å². The first-order chi connectivity index (χ1) is 7.31. The summed E-state index contributed by atoms with van der Waals surface area (Å²) in [5.41, 5.74) is 6.51. The van der Waals surface area contributed by atoms with Crippen molar-refractivity contribution in [2.45, 2.75) is 44.9 Å². The highest BCUT2D eigenvalue weighted by atomic mass is 15.2. The number of benzene rings is 1. The first-order valence-corrected chi connectivity index (χ1v) is 5.88. The average Bonchev–Trinajstić information content (AvgIpc) is 2.31. The first kappa shape index (κ1) is 10.5. The van der Waals surface area contributed by atoms with Gasteiger partial charge in [0, 0.05) is 0 Å². The van der Waals surface area contributed by atoms with Gasteiger partial charge >= 0.3 is 0 Å². The molecule has 15 heavy (non-hydrogen) atoms. The zero-order chi connectivity index (χ0) is 10.7. The van der Waals surface area contributed by atoms with Crippen LogP contribution in [0.3, 0.4) is 0 Å². The Morgan fingerprint density at radius 1 is 1.20 bits per heavy atom. The van der Waals surface area contributed by atoms with Gasteiger partial charge in [-0.15, -0.1) is 0 Å². The van der Waals surface area contributed by atoms with E-state index in [1.165, 1.54) is 43.2 Å². The largest absolute Gasteiger partial charge is 0.324 e. The highest BCUT2D eigenvalue weighted by Crippen LogP contribution is 2.34. The predicted molar refractivity (Wildman–Crippen MR) is 64.8 cm³/mol. The van der Waals surface area contributed by atoms with Crippen molar-refractivity contribution in [2.75, 3.05) is 5.43 Å². The number of hydrogen-bond acceptors (Lipinski definition) is 2. The van der Waals surface area contributed by atoms with Gasteiger partial charge in [-0.1, -0.05) is 31.4 Å². The van der Waals surface area contributed by atoms with Gasteiger partial charge in [0.2, 0.25) is 0 Å². The van der Waals surface area contributed by atoms with Crippen LogP contribution in [-0.2, 0) is 0 Å². The van der Waals surface area contributed by atoms with Crippen LogP contribution in [0.1, 0.15) is 49.1 Å². The van der Waals surface area contributed by atoms with Gasteiger partial charge in [-0.3, -0.25) is 5.84 Å². The lowest BCUT2D eigenvalue weighted by Crippen LogP contribution is -2.10. The SMILES string of the molecule is Cc1ccc(C2CCCCC2)cc1NN. The van der Waals surface area contributed by atoms with Crippen molar-refractivity contribution in [3.8, 4) is 0 Å². The molecule has 0 amide bonds. The zero-order valence-electron chi connectivity index (χ0n) is 9.42. The van der Waals surface area contributed by atoms with E-state index < -0.39 is 0 Å². The molecule has 0 aromatic heterocycles. The Hall–Kier alpha value is -1.02. The summed E-state index contributed by atoms with van der Waals surface area (Å²) in [5, 5.41) is 0. The first-order valence-electron chi connectivity index (χ1n) is 5.88. The molecule has 2 rings (SSSR count). The van der Waals surface area contributed by atoms with Gasteiger partial charge in [-0.2, -0.15) is 0 Å². The lowest BCUT2D eigenvalue weighted by atomic mass is 9.84. The van der Waals surface area contributed by atoms with Gasteiger partial charge in [0.15, 0.2) is 0 Å². The molecule has 0 spiro atoms. The molecule has 0 radical (unpaired) electrons. The minimum Gasteiger partial charge on any atom is -0.324 e. The fourth-order valence-electron chi connectivity index (χ4n) is 2.48. The standard InChI is InChI=1S/C13H20N2/c1-10-7-8-12(9-13(10)15-14)11-5-3-2-4-6-11/h7-9,11,15H,2-6,14H2,1H3. The lowest BCUT2D eigenvalue weighted by molar-refractivity contribution is 0.443. The van der Waals surface area contributed by atoms with E-state index in [4.69, 9.17) is 5.84 Å². The molecule has 1 aromatic carbocycles. The maximum absolute atomic E-state index is 5.50. The number of anilines is 1. The molecule has 3 N–H and O–H groups in total. The fraction of sp³-hybridized carbons (Fsp3) is 0.538. The maximum Gasteiger partial charge on any atom is 0.0517 e. The molecule has 1 aliphatic carbocycles. The van der Waals surface area contributed by atoms with Crippen LogP contribution >= 0.6 is 0 Å². The number of nitrogen functional groups attached to an aromatic ring is 1. The second kappa shape index (κ2) is 4.67. The normalized spacial score (nSPS) is 17.7. The van der Waals surface area contributed by atoms with E-state index in [0.29, 0.717) is 0 Å². The van der Waals surface area contributed by atoms with Gasteiger partial charge in [0.25, 0.3) is 0 Å². The second-order valence-corrected chi connectivity index (χ2v) is 4.55. The van der Waals surface area contributed by atoms with Gasteiger partial charge in [0.1, 0.15) is 0 Å². The van der Waals surface area contributed by atoms with Crippen molar-refractivity contribution in [1.82, 2.24) is 0 Å². The van der Waals surface area contributed by atoms with Crippen LogP contribution in [0.4, 0.5) is 5.69 Å². The molecule has 2 heteroatoms. The lowest BCUT2D eigenvalue weighted by Gasteiger charge is -2.22. The molecule has 1 aromatic rings. The molecule has 0 unspecified atom stereocenters. The Kier molecular flexibility index (Phi) is 3.27. The smallest absolute Gasteiger partial charge is 0.0517 e. The minimum absolute atomic E-state index is 0.756. The number of nitrogens with one attached hydrogen (secondary N) is 1. The Morgan fingerprint density at radius 3 is 2.60 bits per heavy atom. The van der Waals surface area contributed by atoms with Crippen molar-refractivity contribution < 1.29 is 0 Å². The van der Waals surface area contributed by atoms with Gasteiger partial charge < -0.3 is 5.43 Å². The molecular formula is C13H20N2. The summed E-state index contributed by atoms with van der Waals surface area (Å²) in [4.78, 5) is 0. The zero-order valence-corrected chi connectivity index (χ0v) is 9.42. The molecule has 1 aliphatic rings. The van der Waals surface area contributed by atoms with Gasteiger partial charge in [-0.05, 0) is 42.9 Å². The van der Waals surface area contributed by atoms with Crippen molar-refractivity contribution in [3.05, 3.63) is 29.3 Å². The summed E-state index contributed by atoms with van der Waals surface area (Å²) in [5.74, 6) is 6.26. The van der Waals surface area contributed by atoms with Gasteiger partial charge in [0.05, 0.1) is 5.69 Å². The number of nitrogens with two attached hydrogens (primary N) is 1. The van der Waals surface area contributed by atoms with Crippen molar-refractivity contribution in [3.63, 3.8) is 0 Å². The Bertz CT molecular complexity index is 327. The Labute approximate surface area is 91.8 Å². The number of rotatable bonds is 2. The third kappa shape index (κ3) is 2.32. The second-order valence-electron chi connectivity index (χ2n) is 4.55. The number of hydrogen-bond donors (Lipinski definition) is 2. The Morgan fingerprint density at radius 2 is 1.93 bits per heavy atom. The number of aryl methyl sites for hydroxylation is 1. The van der Waals surface area contributed by atoms with E-state index in [1.54, 1.807) is 0 Å². The van der Waals surface area contributed by atoms with Crippen molar-refractivity contribution >= 4 is 5.69 Å². The molecule has 0 heterocycles. The summed E-state index contributed by atoms with van der Waals surface area (Å²) in [7, 11) is 0. The summed E-state index contributed by atoms with van der Waals surface area (Å²) in [6.45, 7) is 2.08. The van der Waals surface area contributed by atoms with Crippen LogP contribution in [0.2, 0.25) is 0 Å². The average molecular weight is 204 g/mol. The third-order valence-electron chi connectivity index (χ3n) is 3.49. The minimum atomic E-state index is 0.756. The van der Waals surface area contributed by atoms with Crippen LogP contribution in [0.15, 0.2) is 18.2 Å². The topological polar surface area (TPSA) is 38.0 Å². The molecule has 82 valence electrons. The number of hydrazine groups is 1. The van der Waals surface area contributed by atoms with E-state index in [-0.39, 0.29) is 0 Å².